The standard InChI is InChI=1S/C15H26N2OS/c1-10-9-11(2)17-14(5)15(10)13(4)16-8-7-12(3)19(6)18/h9,12-13,16H,7-8H2,1-6H3. The summed E-state index contributed by atoms with van der Waals surface area (Å²) in [5.74, 6) is 0. The van der Waals surface area contributed by atoms with E-state index in [4.69, 9.17) is 0 Å². The highest BCUT2D eigenvalue weighted by Gasteiger charge is 2.13. The number of nitrogens with one attached hydrogen (secondary N) is 1. The fraction of sp³-hybridized carbons (Fsp3) is 0.667. The largest absolute Gasteiger partial charge is 0.310 e. The summed E-state index contributed by atoms with van der Waals surface area (Å²) in [5, 5.41) is 3.76. The molecule has 0 spiro atoms. The van der Waals surface area contributed by atoms with E-state index < -0.39 is 10.8 Å². The van der Waals surface area contributed by atoms with Crippen LogP contribution in [0.2, 0.25) is 0 Å². The zero-order valence-electron chi connectivity index (χ0n) is 12.9. The van der Waals surface area contributed by atoms with Crippen molar-refractivity contribution in [2.45, 2.75) is 52.3 Å². The Morgan fingerprint density at radius 2 is 1.95 bits per heavy atom. The van der Waals surface area contributed by atoms with Crippen molar-refractivity contribution >= 4 is 10.8 Å². The minimum atomic E-state index is -0.734. The van der Waals surface area contributed by atoms with Crippen LogP contribution in [0.15, 0.2) is 6.07 Å². The molecule has 0 aromatic carbocycles. The lowest BCUT2D eigenvalue weighted by molar-refractivity contribution is 0.548. The van der Waals surface area contributed by atoms with Crippen LogP contribution in [0.4, 0.5) is 0 Å². The average molecular weight is 282 g/mol. The van der Waals surface area contributed by atoms with Crippen molar-refractivity contribution in [3.63, 3.8) is 0 Å². The first kappa shape index (κ1) is 16.3. The number of hydrogen-bond acceptors (Lipinski definition) is 3. The van der Waals surface area contributed by atoms with Crippen LogP contribution < -0.4 is 5.32 Å². The van der Waals surface area contributed by atoms with E-state index in [1.807, 2.05) is 13.8 Å². The van der Waals surface area contributed by atoms with Crippen LogP contribution in [0.25, 0.3) is 0 Å². The maximum Gasteiger partial charge on any atom is 0.0426 e. The van der Waals surface area contributed by atoms with E-state index in [0.717, 1.165) is 24.4 Å². The molecule has 0 fully saturated rings. The fourth-order valence-corrected chi connectivity index (χ4v) is 2.91. The lowest BCUT2D eigenvalue weighted by atomic mass is 10.0. The van der Waals surface area contributed by atoms with Gasteiger partial charge in [-0.25, -0.2) is 0 Å². The Labute approximate surface area is 119 Å². The van der Waals surface area contributed by atoms with Crippen LogP contribution in [-0.2, 0) is 10.8 Å². The summed E-state index contributed by atoms with van der Waals surface area (Å²) in [6.07, 6.45) is 2.71. The van der Waals surface area contributed by atoms with Crippen molar-refractivity contribution in [2.24, 2.45) is 0 Å². The zero-order valence-corrected chi connectivity index (χ0v) is 13.7. The SMILES string of the molecule is Cc1cc(C)c(C(C)NCCC(C)S(C)=O)c(C)n1. The van der Waals surface area contributed by atoms with Crippen molar-refractivity contribution < 1.29 is 4.21 Å². The number of aryl methyl sites for hydroxylation is 3. The second-order valence-corrected chi connectivity index (χ2v) is 7.16. The third kappa shape index (κ3) is 4.69. The lowest BCUT2D eigenvalue weighted by Crippen LogP contribution is -2.25. The van der Waals surface area contributed by atoms with Crippen LogP contribution in [0.1, 0.15) is 48.8 Å². The summed E-state index contributed by atoms with van der Waals surface area (Å²) in [7, 11) is -0.734. The van der Waals surface area contributed by atoms with E-state index >= 15 is 0 Å². The first-order valence-electron chi connectivity index (χ1n) is 6.83. The Bertz CT molecular complexity index is 436. The highest BCUT2D eigenvalue weighted by atomic mass is 32.2. The molecule has 0 aliphatic rings. The third-order valence-electron chi connectivity index (χ3n) is 3.59. The first-order chi connectivity index (χ1) is 8.82. The molecule has 0 saturated heterocycles. The van der Waals surface area contributed by atoms with Crippen molar-refractivity contribution in [3.8, 4) is 0 Å². The van der Waals surface area contributed by atoms with Gasteiger partial charge in [-0.1, -0.05) is 6.92 Å². The van der Waals surface area contributed by atoms with E-state index in [9.17, 15) is 4.21 Å². The van der Waals surface area contributed by atoms with Gasteiger partial charge in [0.25, 0.3) is 0 Å². The lowest BCUT2D eigenvalue weighted by Gasteiger charge is -2.20. The molecule has 3 atom stereocenters. The zero-order chi connectivity index (χ0) is 14.6. The van der Waals surface area contributed by atoms with Crippen LogP contribution in [0.5, 0.6) is 0 Å². The molecule has 1 aromatic rings. The summed E-state index contributed by atoms with van der Waals surface area (Å²) in [6, 6.07) is 2.41. The molecule has 1 aromatic heterocycles. The highest BCUT2D eigenvalue weighted by molar-refractivity contribution is 7.84. The predicted octanol–water partition coefficient (Wildman–Crippen LogP) is 2.81. The molecule has 0 aliphatic heterocycles. The Kier molecular flexibility index (Phi) is 6.14. The van der Waals surface area contributed by atoms with Gasteiger partial charge in [0.1, 0.15) is 0 Å². The molecule has 3 nitrogen and oxygen atoms in total. The molecule has 19 heavy (non-hydrogen) atoms. The molecular weight excluding hydrogens is 256 g/mol. The maximum atomic E-state index is 11.3. The number of aromatic nitrogens is 1. The summed E-state index contributed by atoms with van der Waals surface area (Å²) in [5.41, 5.74) is 4.75. The van der Waals surface area contributed by atoms with Gasteiger partial charge >= 0.3 is 0 Å². The minimum absolute atomic E-state index is 0.248. The average Bonchev–Trinajstić information content (AvgIpc) is 2.26. The molecule has 1 heterocycles. The van der Waals surface area contributed by atoms with E-state index in [0.29, 0.717) is 0 Å². The number of pyridine rings is 1. The smallest absolute Gasteiger partial charge is 0.0426 e. The molecule has 0 saturated carbocycles. The summed E-state index contributed by atoms with van der Waals surface area (Å²) >= 11 is 0. The Balaban J connectivity index is 2.64. The molecule has 0 amide bonds. The summed E-state index contributed by atoms with van der Waals surface area (Å²) < 4.78 is 11.3. The van der Waals surface area contributed by atoms with Crippen molar-refractivity contribution in [1.82, 2.24) is 10.3 Å². The van der Waals surface area contributed by atoms with E-state index in [1.54, 1.807) is 6.26 Å². The van der Waals surface area contributed by atoms with Crippen LogP contribution in [0.3, 0.4) is 0 Å². The van der Waals surface area contributed by atoms with E-state index in [2.05, 4.69) is 37.1 Å². The molecule has 1 N–H and O–H groups in total. The van der Waals surface area contributed by atoms with Gasteiger partial charge < -0.3 is 5.32 Å². The van der Waals surface area contributed by atoms with Gasteiger partial charge in [-0.15, -0.1) is 0 Å². The van der Waals surface area contributed by atoms with Gasteiger partial charge in [-0.2, -0.15) is 0 Å². The number of rotatable bonds is 6. The topological polar surface area (TPSA) is 42.0 Å². The quantitative estimate of drug-likeness (QED) is 0.872. The molecule has 108 valence electrons. The van der Waals surface area contributed by atoms with Gasteiger partial charge in [-0.05, 0) is 57.9 Å². The molecule has 0 radical (unpaired) electrons. The Hall–Kier alpha value is -0.740. The normalized spacial score (nSPS) is 16.1. The Morgan fingerprint density at radius 3 is 2.47 bits per heavy atom. The highest BCUT2D eigenvalue weighted by Crippen LogP contribution is 2.21. The van der Waals surface area contributed by atoms with Gasteiger partial charge in [0, 0.05) is 39.7 Å². The number of nitrogens with zero attached hydrogens (tertiary/aromatic N) is 1. The monoisotopic (exact) mass is 282 g/mol. The van der Waals surface area contributed by atoms with Crippen molar-refractivity contribution in [1.29, 1.82) is 0 Å². The van der Waals surface area contributed by atoms with Crippen LogP contribution in [0, 0.1) is 20.8 Å². The fourth-order valence-electron chi connectivity index (χ4n) is 2.46. The molecular formula is C15H26N2OS. The van der Waals surface area contributed by atoms with Gasteiger partial charge in [0.2, 0.25) is 0 Å². The van der Waals surface area contributed by atoms with E-state index in [1.165, 1.54) is 11.1 Å². The second-order valence-electron chi connectivity index (χ2n) is 5.35. The van der Waals surface area contributed by atoms with E-state index in [-0.39, 0.29) is 11.3 Å². The molecule has 1 rings (SSSR count). The minimum Gasteiger partial charge on any atom is -0.310 e. The molecule has 0 bridgehead atoms. The van der Waals surface area contributed by atoms with Gasteiger partial charge in [-0.3, -0.25) is 9.19 Å². The van der Waals surface area contributed by atoms with Crippen molar-refractivity contribution in [2.75, 3.05) is 12.8 Å². The van der Waals surface area contributed by atoms with Crippen molar-refractivity contribution in [3.05, 3.63) is 28.6 Å². The molecule has 0 aliphatic carbocycles. The second kappa shape index (κ2) is 7.15. The third-order valence-corrected chi connectivity index (χ3v) is 4.95. The Morgan fingerprint density at radius 1 is 1.32 bits per heavy atom. The summed E-state index contributed by atoms with van der Waals surface area (Å²) in [6.45, 7) is 11.3. The molecule has 3 unspecified atom stereocenters. The maximum absolute atomic E-state index is 11.3. The van der Waals surface area contributed by atoms with Crippen LogP contribution in [-0.4, -0.2) is 27.2 Å². The summed E-state index contributed by atoms with van der Waals surface area (Å²) in [4.78, 5) is 4.54. The van der Waals surface area contributed by atoms with Gasteiger partial charge in [0.15, 0.2) is 0 Å². The van der Waals surface area contributed by atoms with Crippen LogP contribution >= 0.6 is 0 Å². The molecule has 4 heteroatoms. The first-order valence-corrected chi connectivity index (χ1v) is 8.45. The predicted molar refractivity (Wildman–Crippen MR) is 83.0 cm³/mol. The van der Waals surface area contributed by atoms with Gasteiger partial charge in [0.05, 0.1) is 0 Å². The number of hydrogen-bond donors (Lipinski definition) is 1.